The average Bonchev–Trinajstić information content (AvgIpc) is 3.55. The number of hydrogen-bond donors (Lipinski definition) is 3. The van der Waals surface area contributed by atoms with Crippen LogP contribution in [0.5, 0.6) is 0 Å². The minimum atomic E-state index is -0.504. The number of esters is 1. The molecule has 202 valence electrons. The minimum absolute atomic E-state index is 0.0377. The molecule has 1 amide bonds. The van der Waals surface area contributed by atoms with E-state index in [0.29, 0.717) is 25.3 Å². The number of nitrogens with two attached hydrogens (primary N) is 1. The molecule has 1 atom stereocenters. The van der Waals surface area contributed by atoms with Crippen LogP contribution in [0.25, 0.3) is 11.0 Å². The Morgan fingerprint density at radius 3 is 2.55 bits per heavy atom. The molecule has 0 bridgehead atoms. The van der Waals surface area contributed by atoms with Gasteiger partial charge in [-0.05, 0) is 68.8 Å². The number of rotatable bonds is 11. The Hall–Kier alpha value is -3.92. The van der Waals surface area contributed by atoms with Gasteiger partial charge in [-0.1, -0.05) is 6.07 Å². The third kappa shape index (κ3) is 6.13. The fourth-order valence-electron chi connectivity index (χ4n) is 4.87. The molecule has 2 aromatic carbocycles. The zero-order chi connectivity index (χ0) is 27.2. The van der Waals surface area contributed by atoms with Crippen LogP contribution in [0.15, 0.2) is 42.5 Å². The summed E-state index contributed by atoms with van der Waals surface area (Å²) in [6.07, 6.45) is 2.25. The zero-order valence-corrected chi connectivity index (χ0v) is 22.4. The van der Waals surface area contributed by atoms with Crippen molar-refractivity contribution < 1.29 is 14.3 Å². The number of likely N-dealkylation sites (N-methyl/N-ethyl adjacent to an activating group) is 1. The number of nitrogens with one attached hydrogen (secondary N) is 2. The van der Waals surface area contributed by atoms with E-state index >= 15 is 0 Å². The topological polar surface area (TPSA) is 130 Å². The fraction of sp³-hybridized carbons (Fsp3) is 0.429. The first-order valence-corrected chi connectivity index (χ1v) is 13.1. The average molecular weight is 520 g/mol. The highest BCUT2D eigenvalue weighted by atomic mass is 16.5. The first-order chi connectivity index (χ1) is 18.3. The molecule has 0 radical (unpaired) electrons. The van der Waals surface area contributed by atoms with Gasteiger partial charge in [-0.3, -0.25) is 19.9 Å². The molecular formula is C28H37N7O3. The third-order valence-electron chi connectivity index (χ3n) is 7.03. The quantitative estimate of drug-likeness (QED) is 0.202. The Balaban J connectivity index is 1.55. The molecule has 38 heavy (non-hydrogen) atoms. The van der Waals surface area contributed by atoms with Crippen molar-refractivity contribution in [3.63, 3.8) is 0 Å². The van der Waals surface area contributed by atoms with Crippen LogP contribution < -0.4 is 11.1 Å². The molecule has 1 saturated heterocycles. The summed E-state index contributed by atoms with van der Waals surface area (Å²) < 4.78 is 7.13. The number of ether oxygens (including phenoxy) is 1. The smallest absolute Gasteiger partial charge is 0.307 e. The zero-order valence-electron chi connectivity index (χ0n) is 22.4. The lowest BCUT2D eigenvalue weighted by Gasteiger charge is -2.30. The van der Waals surface area contributed by atoms with Crippen molar-refractivity contribution in [2.45, 2.75) is 38.8 Å². The van der Waals surface area contributed by atoms with Crippen LogP contribution in [0.2, 0.25) is 0 Å². The number of aryl methyl sites for hydroxylation is 1. The van der Waals surface area contributed by atoms with Gasteiger partial charge in [0.25, 0.3) is 0 Å². The summed E-state index contributed by atoms with van der Waals surface area (Å²) in [6.45, 7) is 4.58. The van der Waals surface area contributed by atoms with Gasteiger partial charge in [0.05, 0.1) is 30.6 Å². The number of aromatic nitrogens is 2. The Labute approximate surface area is 223 Å². The number of nitrogen functional groups attached to an aromatic ring is 1. The minimum Gasteiger partial charge on any atom is -0.466 e. The van der Waals surface area contributed by atoms with E-state index < -0.39 is 6.04 Å². The number of imidazole rings is 1. The van der Waals surface area contributed by atoms with Crippen LogP contribution >= 0.6 is 0 Å². The van der Waals surface area contributed by atoms with E-state index in [1.54, 1.807) is 6.92 Å². The fourth-order valence-corrected chi connectivity index (χ4v) is 4.87. The van der Waals surface area contributed by atoms with Gasteiger partial charge in [-0.2, -0.15) is 0 Å². The van der Waals surface area contributed by atoms with E-state index in [-0.39, 0.29) is 24.1 Å². The molecule has 4 rings (SSSR count). The van der Waals surface area contributed by atoms with E-state index in [1.165, 1.54) is 0 Å². The van der Waals surface area contributed by atoms with Crippen LogP contribution in [-0.2, 0) is 27.9 Å². The monoisotopic (exact) mass is 519 g/mol. The maximum absolute atomic E-state index is 13.6. The van der Waals surface area contributed by atoms with Crippen molar-refractivity contribution in [2.75, 3.05) is 38.6 Å². The highest BCUT2D eigenvalue weighted by Crippen LogP contribution is 2.28. The van der Waals surface area contributed by atoms with Gasteiger partial charge in [-0.25, -0.2) is 4.98 Å². The molecule has 4 N–H and O–H groups in total. The lowest BCUT2D eigenvalue weighted by molar-refractivity contribution is -0.144. The highest BCUT2D eigenvalue weighted by molar-refractivity contribution is 5.95. The van der Waals surface area contributed by atoms with Gasteiger partial charge in [0.15, 0.2) is 0 Å². The molecule has 0 aliphatic carbocycles. The number of anilines is 1. The van der Waals surface area contributed by atoms with Crippen LogP contribution in [0.3, 0.4) is 0 Å². The molecule has 1 aliphatic rings. The maximum atomic E-state index is 13.6. The second-order valence-corrected chi connectivity index (χ2v) is 9.65. The number of amides is 1. The van der Waals surface area contributed by atoms with Gasteiger partial charge in [0.1, 0.15) is 17.7 Å². The number of carbonyl (C=O) groups is 2. The Morgan fingerprint density at radius 2 is 1.89 bits per heavy atom. The summed E-state index contributed by atoms with van der Waals surface area (Å²) in [5.41, 5.74) is 9.77. The number of likely N-dealkylation sites (tertiary alicyclic amines) is 1. The van der Waals surface area contributed by atoms with Crippen LogP contribution in [0.1, 0.15) is 49.2 Å². The van der Waals surface area contributed by atoms with Crippen LogP contribution in [0.4, 0.5) is 5.69 Å². The summed E-state index contributed by atoms with van der Waals surface area (Å²) in [7, 11) is 3.86. The van der Waals surface area contributed by atoms with Crippen LogP contribution in [-0.4, -0.2) is 70.4 Å². The third-order valence-corrected chi connectivity index (χ3v) is 7.03. The number of nitrogens with zero attached hydrogens (tertiary/aromatic N) is 4. The Morgan fingerprint density at radius 1 is 1.18 bits per heavy atom. The molecule has 1 aliphatic heterocycles. The Kier molecular flexibility index (Phi) is 8.62. The molecule has 10 heteroatoms. The SMILES string of the molecule is CCOC(=O)CCN(C)C(C(=O)N1CCCC1)c1ccc2c(c1)nc(CNc1ccc(C(=N)N)cc1)n2C. The van der Waals surface area contributed by atoms with E-state index in [2.05, 4.69) is 5.32 Å². The number of hydrogen-bond acceptors (Lipinski definition) is 7. The van der Waals surface area contributed by atoms with Crippen molar-refractivity contribution in [3.05, 3.63) is 59.4 Å². The van der Waals surface area contributed by atoms with E-state index in [4.69, 9.17) is 20.9 Å². The second-order valence-electron chi connectivity index (χ2n) is 9.65. The van der Waals surface area contributed by atoms with Crippen molar-refractivity contribution in [3.8, 4) is 0 Å². The predicted molar refractivity (Wildman–Crippen MR) is 148 cm³/mol. The molecule has 10 nitrogen and oxygen atoms in total. The number of fused-ring (bicyclic) bond motifs is 1. The summed E-state index contributed by atoms with van der Waals surface area (Å²) in [5, 5.41) is 10.9. The second kappa shape index (κ2) is 12.1. The van der Waals surface area contributed by atoms with Gasteiger partial charge < -0.3 is 25.3 Å². The van der Waals surface area contributed by atoms with Crippen molar-refractivity contribution in [1.82, 2.24) is 19.4 Å². The maximum Gasteiger partial charge on any atom is 0.307 e. The summed E-state index contributed by atoms with van der Waals surface area (Å²) in [4.78, 5) is 34.3. The lowest BCUT2D eigenvalue weighted by Crippen LogP contribution is -2.41. The van der Waals surface area contributed by atoms with Gasteiger partial charge in [-0.15, -0.1) is 0 Å². The molecule has 1 unspecified atom stereocenters. The first-order valence-electron chi connectivity index (χ1n) is 13.1. The largest absolute Gasteiger partial charge is 0.466 e. The van der Waals surface area contributed by atoms with Crippen molar-refractivity contribution in [1.29, 1.82) is 5.41 Å². The van der Waals surface area contributed by atoms with Gasteiger partial charge in [0, 0.05) is 37.9 Å². The highest BCUT2D eigenvalue weighted by Gasteiger charge is 2.31. The molecule has 3 aromatic rings. The summed E-state index contributed by atoms with van der Waals surface area (Å²) in [6, 6.07) is 12.9. The molecule has 1 fully saturated rings. The van der Waals surface area contributed by atoms with E-state index in [9.17, 15) is 9.59 Å². The molecular weight excluding hydrogens is 482 g/mol. The van der Waals surface area contributed by atoms with E-state index in [0.717, 1.165) is 54.0 Å². The van der Waals surface area contributed by atoms with Gasteiger partial charge in [0.2, 0.25) is 5.91 Å². The predicted octanol–water partition coefficient (Wildman–Crippen LogP) is 3.02. The first kappa shape index (κ1) is 27.1. The van der Waals surface area contributed by atoms with Crippen molar-refractivity contribution >= 4 is 34.4 Å². The standard InChI is InChI=1S/C28H37N7O3/c1-4-38-25(36)13-16-33(2)26(28(37)35-14-5-6-15-35)20-9-12-23-22(17-20)32-24(34(23)3)18-31-21-10-7-19(8-11-21)27(29)30/h7-12,17,26,31H,4-6,13-16,18H2,1-3H3,(H3,29,30). The molecule has 1 aromatic heterocycles. The molecule has 0 saturated carbocycles. The van der Waals surface area contributed by atoms with Crippen molar-refractivity contribution in [2.24, 2.45) is 12.8 Å². The Bertz CT molecular complexity index is 1300. The van der Waals surface area contributed by atoms with Crippen LogP contribution in [0, 0.1) is 5.41 Å². The molecule has 2 heterocycles. The number of carbonyl (C=O) groups excluding carboxylic acids is 2. The summed E-state index contributed by atoms with van der Waals surface area (Å²) >= 11 is 0. The number of benzene rings is 2. The molecule has 0 spiro atoms. The lowest BCUT2D eigenvalue weighted by atomic mass is 10.0. The normalized spacial score (nSPS) is 14.2. The van der Waals surface area contributed by atoms with Gasteiger partial charge >= 0.3 is 5.97 Å². The van der Waals surface area contributed by atoms with E-state index in [1.807, 2.05) is 70.9 Å². The summed E-state index contributed by atoms with van der Waals surface area (Å²) in [5.74, 6) is 0.682. The number of amidine groups is 1.